The smallest absolute Gasteiger partial charge is 0.399 e. The summed E-state index contributed by atoms with van der Waals surface area (Å²) in [5.41, 5.74) is 1.77. The number of H-pyrrole nitrogens is 1. The molecule has 0 bridgehead atoms. The predicted octanol–water partition coefficient (Wildman–Crippen LogP) is 2.88. The molecule has 2 aromatic rings. The number of aldehydes is 1. The van der Waals surface area contributed by atoms with Gasteiger partial charge in [-0.15, -0.1) is 0 Å². The van der Waals surface area contributed by atoms with Gasteiger partial charge in [-0.2, -0.15) is 0 Å². The number of aliphatic hydroxyl groups excluding tert-OH is 1. The average molecular weight is 440 g/mol. The molecular weight excluding hydrogens is 419 g/mol. The van der Waals surface area contributed by atoms with E-state index in [9.17, 15) is 9.59 Å². The van der Waals surface area contributed by atoms with E-state index >= 15 is 0 Å². The van der Waals surface area contributed by atoms with Crippen molar-refractivity contribution in [3.63, 3.8) is 0 Å². The van der Waals surface area contributed by atoms with Gasteiger partial charge in [-0.25, -0.2) is 4.79 Å². The molecule has 4 rings (SSSR count). The van der Waals surface area contributed by atoms with Gasteiger partial charge in [-0.05, 0) is 31.4 Å². The second kappa shape index (κ2) is 10.2. The average Bonchev–Trinajstić information content (AvgIpc) is 3.18. The van der Waals surface area contributed by atoms with Gasteiger partial charge in [0.15, 0.2) is 6.79 Å². The van der Waals surface area contributed by atoms with Crippen LogP contribution in [0.4, 0.5) is 0 Å². The molecule has 0 radical (unpaired) electrons. The third kappa shape index (κ3) is 5.57. The maximum atomic E-state index is 11.5. The fourth-order valence-electron chi connectivity index (χ4n) is 2.89. The normalized spacial score (nSPS) is 22.8. The molecule has 29 heavy (non-hydrogen) atoms. The Kier molecular flexibility index (Phi) is 7.65. The Morgan fingerprint density at radius 2 is 2.24 bits per heavy atom. The number of fused-ring (bicyclic) bond motifs is 1. The van der Waals surface area contributed by atoms with E-state index in [0.29, 0.717) is 24.1 Å². The molecule has 0 saturated carbocycles. The highest BCUT2D eigenvalue weighted by Crippen LogP contribution is 2.47. The summed E-state index contributed by atoms with van der Waals surface area (Å²) in [5.74, 6) is 0.818. The first kappa shape index (κ1) is 21.8. The molecule has 1 saturated heterocycles. The first-order valence-electron chi connectivity index (χ1n) is 8.87. The van der Waals surface area contributed by atoms with Gasteiger partial charge in [-0.1, -0.05) is 30.4 Å². The zero-order valence-electron chi connectivity index (χ0n) is 15.6. The van der Waals surface area contributed by atoms with Crippen molar-refractivity contribution in [2.45, 2.75) is 38.7 Å². The topological polar surface area (TPSA) is 112 Å². The Balaban J connectivity index is 0.000000166. The summed E-state index contributed by atoms with van der Waals surface area (Å²) in [5, 5.41) is 8.57. The Labute approximate surface area is 173 Å². The summed E-state index contributed by atoms with van der Waals surface area (Å²) in [6.07, 6.45) is 2.89. The van der Waals surface area contributed by atoms with Crippen molar-refractivity contribution < 1.29 is 28.2 Å². The molecule has 3 unspecified atom stereocenters. The molecule has 1 aromatic carbocycles. The van der Waals surface area contributed by atoms with Gasteiger partial charge >= 0.3 is 14.3 Å². The fraction of sp³-hybridized carbons (Fsp3) is 0.389. The summed E-state index contributed by atoms with van der Waals surface area (Å²) in [7, 11) is -1.42. The molecule has 2 aliphatic heterocycles. The largest absolute Gasteiger partial charge is 0.426 e. The maximum Gasteiger partial charge on any atom is 0.399 e. The van der Waals surface area contributed by atoms with Gasteiger partial charge in [0.1, 0.15) is 29.0 Å². The fourth-order valence-corrected chi connectivity index (χ4v) is 3.97. The van der Waals surface area contributed by atoms with Crippen molar-refractivity contribution in [3.05, 3.63) is 56.7 Å². The van der Waals surface area contributed by atoms with Crippen molar-refractivity contribution in [1.29, 1.82) is 0 Å². The summed E-state index contributed by atoms with van der Waals surface area (Å²) >= 11 is 4.81. The second-order valence-corrected chi connectivity index (χ2v) is 7.86. The number of nitrogens with zero attached hydrogens (tertiary/aromatic N) is 1. The molecular formula is C18H21N2O7PS. The standard InChI is InChI=1S/C9H10N2O3S.C9H11O4P/c12-5-6-1-2-8(14-6)11-4-3-7(15)10-9(11)13;1-7-3-2-4-8-5-11-14(12-6-10)13-9(7)8/h3-6,8H,1-2H2,(H,10,13,15);2-4,10H,5-6H2,1H3. The highest BCUT2D eigenvalue weighted by molar-refractivity contribution is 7.71. The Morgan fingerprint density at radius 1 is 1.41 bits per heavy atom. The minimum atomic E-state index is -1.42. The predicted molar refractivity (Wildman–Crippen MR) is 107 cm³/mol. The number of para-hydroxylation sites is 1. The zero-order valence-corrected chi connectivity index (χ0v) is 17.4. The lowest BCUT2D eigenvalue weighted by atomic mass is 10.1. The molecule has 1 aromatic heterocycles. The van der Waals surface area contributed by atoms with E-state index < -0.39 is 14.7 Å². The second-order valence-electron chi connectivity index (χ2n) is 6.27. The van der Waals surface area contributed by atoms with Gasteiger partial charge in [-0.3, -0.25) is 18.6 Å². The number of benzene rings is 1. The summed E-state index contributed by atoms with van der Waals surface area (Å²) in [6, 6.07) is 7.50. The Hall–Kier alpha value is -1.94. The van der Waals surface area contributed by atoms with E-state index in [4.69, 9.17) is 35.6 Å². The van der Waals surface area contributed by atoms with Crippen molar-refractivity contribution in [3.8, 4) is 5.75 Å². The maximum absolute atomic E-state index is 11.5. The molecule has 0 spiro atoms. The third-order valence-corrected chi connectivity index (χ3v) is 5.53. The SMILES string of the molecule is Cc1cccc2c1OP(OCO)OC2.O=CC1CCC(n2ccc(=S)[nH]c2=O)O1. The molecule has 0 aliphatic carbocycles. The molecule has 0 amide bonds. The lowest BCUT2D eigenvalue weighted by Crippen LogP contribution is -2.26. The van der Waals surface area contributed by atoms with Crippen molar-refractivity contribution in [1.82, 2.24) is 9.55 Å². The van der Waals surface area contributed by atoms with Gasteiger partial charge in [0.05, 0.1) is 6.61 Å². The van der Waals surface area contributed by atoms with Crippen molar-refractivity contribution >= 4 is 27.1 Å². The van der Waals surface area contributed by atoms with Crippen LogP contribution in [0.15, 0.2) is 35.3 Å². The number of nitrogens with one attached hydrogen (secondary N) is 1. The monoisotopic (exact) mass is 440 g/mol. The number of rotatable bonds is 4. The highest BCUT2D eigenvalue weighted by Gasteiger charge is 2.26. The van der Waals surface area contributed by atoms with Crippen molar-refractivity contribution in [2.24, 2.45) is 0 Å². The van der Waals surface area contributed by atoms with E-state index in [1.807, 2.05) is 25.1 Å². The van der Waals surface area contributed by atoms with E-state index in [0.717, 1.165) is 23.2 Å². The minimum Gasteiger partial charge on any atom is -0.426 e. The van der Waals surface area contributed by atoms with Crippen LogP contribution in [0, 0.1) is 11.6 Å². The number of carbonyl (C=O) groups excluding carboxylic acids is 1. The van der Waals surface area contributed by atoms with E-state index in [1.54, 1.807) is 12.3 Å². The van der Waals surface area contributed by atoms with Crippen LogP contribution in [0.2, 0.25) is 0 Å². The molecule has 11 heteroatoms. The molecule has 3 heterocycles. The summed E-state index contributed by atoms with van der Waals surface area (Å²) in [6.45, 7) is 2.06. The van der Waals surface area contributed by atoms with E-state index in [-0.39, 0.29) is 18.7 Å². The minimum absolute atomic E-state index is 0.306. The molecule has 2 aliphatic rings. The van der Waals surface area contributed by atoms with Gasteiger partial charge < -0.3 is 19.2 Å². The quantitative estimate of drug-likeness (QED) is 0.323. The lowest BCUT2D eigenvalue weighted by molar-refractivity contribution is -0.119. The van der Waals surface area contributed by atoms with Crippen LogP contribution < -0.4 is 10.2 Å². The van der Waals surface area contributed by atoms with E-state index in [2.05, 4.69) is 4.98 Å². The van der Waals surface area contributed by atoms with Crippen LogP contribution in [0.25, 0.3) is 0 Å². The third-order valence-electron chi connectivity index (χ3n) is 4.29. The number of carbonyl (C=O) groups is 1. The van der Waals surface area contributed by atoms with Gasteiger partial charge in [0, 0.05) is 11.8 Å². The summed E-state index contributed by atoms with van der Waals surface area (Å²) < 4.78 is 22.8. The molecule has 2 N–H and O–H groups in total. The Bertz CT molecular complexity index is 964. The number of aryl methyl sites for hydroxylation is 1. The number of aromatic amines is 1. The number of ether oxygens (including phenoxy) is 1. The van der Waals surface area contributed by atoms with Crippen LogP contribution in [-0.2, 0) is 25.2 Å². The van der Waals surface area contributed by atoms with Crippen LogP contribution in [0.3, 0.4) is 0 Å². The van der Waals surface area contributed by atoms with Crippen molar-refractivity contribution in [2.75, 3.05) is 6.79 Å². The van der Waals surface area contributed by atoms with Crippen LogP contribution in [-0.4, -0.2) is 33.8 Å². The van der Waals surface area contributed by atoms with E-state index in [1.165, 1.54) is 4.57 Å². The molecule has 156 valence electrons. The molecule has 9 nitrogen and oxygen atoms in total. The number of hydrogen-bond donors (Lipinski definition) is 2. The van der Waals surface area contributed by atoms with Crippen LogP contribution in [0.1, 0.15) is 30.2 Å². The van der Waals surface area contributed by atoms with Gasteiger partial charge in [0.25, 0.3) is 0 Å². The van der Waals surface area contributed by atoms with Crippen LogP contribution in [0.5, 0.6) is 5.75 Å². The summed E-state index contributed by atoms with van der Waals surface area (Å²) in [4.78, 5) is 24.5. The number of hydrogen-bond acceptors (Lipinski definition) is 8. The van der Waals surface area contributed by atoms with Gasteiger partial charge in [0.2, 0.25) is 0 Å². The molecule has 1 fully saturated rings. The van der Waals surface area contributed by atoms with Crippen LogP contribution >= 0.6 is 20.8 Å². The highest BCUT2D eigenvalue weighted by atomic mass is 32.1. The molecule has 3 atom stereocenters. The zero-order chi connectivity index (χ0) is 20.8. The number of aliphatic hydroxyl groups is 1. The Morgan fingerprint density at radius 3 is 2.93 bits per heavy atom. The first-order chi connectivity index (χ1) is 14.0. The number of aromatic nitrogens is 2. The lowest BCUT2D eigenvalue weighted by Gasteiger charge is -2.24. The first-order valence-corrected chi connectivity index (χ1v) is 10.4.